The van der Waals surface area contributed by atoms with Gasteiger partial charge in [-0.3, -0.25) is 24.0 Å². The Hall–Kier alpha value is -3.23. The molecule has 0 radical (unpaired) electrons. The largest absolute Gasteiger partial charge is 0.464 e. The molecule has 3 rings (SSSR count). The van der Waals surface area contributed by atoms with Crippen LogP contribution in [0.2, 0.25) is 0 Å². The number of aromatic nitrogens is 3. The van der Waals surface area contributed by atoms with Crippen LogP contribution in [-0.4, -0.2) is 19.0 Å². The predicted octanol–water partition coefficient (Wildman–Crippen LogP) is 0.800. The third-order valence-electron chi connectivity index (χ3n) is 3.41. The summed E-state index contributed by atoms with van der Waals surface area (Å²) in [7, 11) is 2.74. The first-order valence-electron chi connectivity index (χ1n) is 6.20. The zero-order valence-corrected chi connectivity index (χ0v) is 11.6. The monoisotopic (exact) mass is 302 g/mol. The van der Waals surface area contributed by atoms with Crippen LogP contribution in [0.1, 0.15) is 0 Å². The Bertz CT molecular complexity index is 1010. The van der Waals surface area contributed by atoms with Crippen molar-refractivity contribution < 1.29 is 9.34 Å². The second-order valence-corrected chi connectivity index (χ2v) is 4.66. The van der Waals surface area contributed by atoms with Crippen molar-refractivity contribution in [1.82, 2.24) is 14.1 Å². The normalized spacial score (nSPS) is 11.0. The average Bonchev–Trinajstić information content (AvgIpc) is 3.03. The van der Waals surface area contributed by atoms with Crippen LogP contribution < -0.4 is 11.2 Å². The van der Waals surface area contributed by atoms with Gasteiger partial charge in [-0.25, -0.2) is 9.78 Å². The van der Waals surface area contributed by atoms with Gasteiger partial charge >= 0.3 is 5.69 Å². The molecule has 0 fully saturated rings. The first-order chi connectivity index (χ1) is 10.4. The topological polar surface area (TPSA) is 113 Å². The van der Waals surface area contributed by atoms with Gasteiger partial charge in [0.2, 0.25) is 0 Å². The lowest BCUT2D eigenvalue weighted by Gasteiger charge is -2.09. The van der Waals surface area contributed by atoms with Crippen molar-refractivity contribution in [1.29, 1.82) is 0 Å². The molecular formula is C13H10N4O5. The number of pyridine rings is 1. The van der Waals surface area contributed by atoms with Crippen LogP contribution in [0.4, 0.5) is 5.69 Å². The lowest BCUT2D eigenvalue weighted by atomic mass is 10.1. The van der Waals surface area contributed by atoms with Gasteiger partial charge in [-0.1, -0.05) is 0 Å². The molecule has 0 aliphatic heterocycles. The fourth-order valence-corrected chi connectivity index (χ4v) is 2.33. The maximum atomic E-state index is 12.4. The highest BCUT2D eigenvalue weighted by Gasteiger charge is 2.25. The summed E-state index contributed by atoms with van der Waals surface area (Å²) in [4.78, 5) is 38.9. The zero-order valence-electron chi connectivity index (χ0n) is 11.6. The molecule has 0 aliphatic carbocycles. The van der Waals surface area contributed by atoms with E-state index < -0.39 is 16.2 Å². The Morgan fingerprint density at radius 3 is 2.59 bits per heavy atom. The molecule has 3 heterocycles. The van der Waals surface area contributed by atoms with Crippen LogP contribution in [-0.2, 0) is 14.1 Å². The summed E-state index contributed by atoms with van der Waals surface area (Å²) in [6, 6.07) is 3.06. The summed E-state index contributed by atoms with van der Waals surface area (Å²) in [5.74, 6) is 0.162. The second-order valence-electron chi connectivity index (χ2n) is 4.66. The summed E-state index contributed by atoms with van der Waals surface area (Å²) in [5, 5.41) is 11.2. The van der Waals surface area contributed by atoms with Crippen molar-refractivity contribution in [3.05, 3.63) is 55.5 Å². The van der Waals surface area contributed by atoms with Crippen molar-refractivity contribution >= 4 is 16.7 Å². The molecule has 112 valence electrons. The van der Waals surface area contributed by atoms with Crippen LogP contribution in [0.3, 0.4) is 0 Å². The van der Waals surface area contributed by atoms with E-state index in [1.54, 1.807) is 6.07 Å². The molecule has 0 atom stereocenters. The number of fused-ring (bicyclic) bond motifs is 1. The van der Waals surface area contributed by atoms with Gasteiger partial charge in [-0.05, 0) is 12.1 Å². The molecule has 3 aromatic heterocycles. The molecule has 0 bridgehead atoms. The minimum absolute atomic E-state index is 0.0104. The minimum atomic E-state index is -0.666. The summed E-state index contributed by atoms with van der Waals surface area (Å²) < 4.78 is 7.25. The predicted molar refractivity (Wildman–Crippen MR) is 76.6 cm³/mol. The molecule has 0 amide bonds. The molecule has 0 saturated carbocycles. The Labute approximate surface area is 122 Å². The van der Waals surface area contributed by atoms with Gasteiger partial charge in [0.1, 0.15) is 22.9 Å². The Kier molecular flexibility index (Phi) is 2.91. The van der Waals surface area contributed by atoms with Gasteiger partial charge in [0, 0.05) is 14.1 Å². The average molecular weight is 302 g/mol. The number of hydrogen-bond acceptors (Lipinski definition) is 6. The summed E-state index contributed by atoms with van der Waals surface area (Å²) >= 11 is 0. The molecule has 22 heavy (non-hydrogen) atoms. The second kappa shape index (κ2) is 4.65. The lowest BCUT2D eigenvalue weighted by molar-refractivity contribution is -0.384. The summed E-state index contributed by atoms with van der Waals surface area (Å²) in [6.07, 6.45) is 2.36. The van der Waals surface area contributed by atoms with E-state index >= 15 is 0 Å². The molecule has 0 aliphatic rings. The van der Waals surface area contributed by atoms with Gasteiger partial charge in [-0.2, -0.15) is 0 Å². The lowest BCUT2D eigenvalue weighted by Crippen LogP contribution is -2.37. The summed E-state index contributed by atoms with van der Waals surface area (Å²) in [5.41, 5.74) is -1.52. The van der Waals surface area contributed by atoms with Crippen molar-refractivity contribution in [3.8, 4) is 11.3 Å². The Balaban J connectivity index is 2.65. The van der Waals surface area contributed by atoms with Crippen molar-refractivity contribution in [3.63, 3.8) is 0 Å². The van der Waals surface area contributed by atoms with E-state index in [4.69, 9.17) is 4.42 Å². The highest BCUT2D eigenvalue weighted by molar-refractivity contribution is 5.95. The fourth-order valence-electron chi connectivity index (χ4n) is 2.33. The van der Waals surface area contributed by atoms with E-state index in [1.165, 1.54) is 26.4 Å². The highest BCUT2D eigenvalue weighted by atomic mass is 16.6. The smallest absolute Gasteiger partial charge is 0.332 e. The summed E-state index contributed by atoms with van der Waals surface area (Å²) in [6.45, 7) is 0. The van der Waals surface area contributed by atoms with Crippen molar-refractivity contribution in [2.45, 2.75) is 0 Å². The highest BCUT2D eigenvalue weighted by Crippen LogP contribution is 2.33. The van der Waals surface area contributed by atoms with Crippen LogP contribution in [0, 0.1) is 10.1 Å². The number of hydrogen-bond donors (Lipinski definition) is 0. The fraction of sp³-hybridized carbons (Fsp3) is 0.154. The van der Waals surface area contributed by atoms with Gasteiger partial charge in [-0.15, -0.1) is 0 Å². The van der Waals surface area contributed by atoms with E-state index in [2.05, 4.69) is 4.98 Å². The first kappa shape index (κ1) is 13.7. The van der Waals surface area contributed by atoms with Crippen LogP contribution in [0.15, 0.2) is 38.6 Å². The van der Waals surface area contributed by atoms with E-state index in [9.17, 15) is 19.7 Å². The number of furan rings is 1. The van der Waals surface area contributed by atoms with E-state index in [-0.39, 0.29) is 28.0 Å². The third-order valence-corrected chi connectivity index (χ3v) is 3.41. The quantitative estimate of drug-likeness (QED) is 0.511. The van der Waals surface area contributed by atoms with Gasteiger partial charge in [0.25, 0.3) is 11.2 Å². The molecule has 0 aromatic carbocycles. The molecule has 0 spiro atoms. The third kappa shape index (κ3) is 1.75. The number of nitrogens with zero attached hydrogens (tertiary/aromatic N) is 4. The van der Waals surface area contributed by atoms with Crippen molar-refractivity contribution in [2.75, 3.05) is 0 Å². The zero-order chi connectivity index (χ0) is 16.0. The molecular weight excluding hydrogens is 292 g/mol. The number of aryl methyl sites for hydroxylation is 1. The van der Waals surface area contributed by atoms with Gasteiger partial charge < -0.3 is 4.42 Å². The first-order valence-corrected chi connectivity index (χ1v) is 6.20. The molecule has 0 saturated heterocycles. The Morgan fingerprint density at radius 2 is 2.00 bits per heavy atom. The van der Waals surface area contributed by atoms with Crippen molar-refractivity contribution in [2.24, 2.45) is 14.1 Å². The Morgan fingerprint density at radius 1 is 1.27 bits per heavy atom. The number of rotatable bonds is 2. The number of nitro groups is 1. The van der Waals surface area contributed by atoms with E-state index in [1.807, 2.05) is 0 Å². The molecule has 0 unspecified atom stereocenters. The standard InChI is InChI=1S/C13H10N4O5/c1-15-11-10(12(18)16(2)13(15)19)9(8-4-3-5-22-8)7(6-14-11)17(20)21/h3-6H,1-2H3. The van der Waals surface area contributed by atoms with Gasteiger partial charge in [0.05, 0.1) is 11.2 Å². The van der Waals surface area contributed by atoms with Crippen LogP contribution in [0.5, 0.6) is 0 Å². The maximum absolute atomic E-state index is 12.4. The minimum Gasteiger partial charge on any atom is -0.464 e. The van der Waals surface area contributed by atoms with E-state index in [0.717, 1.165) is 15.3 Å². The molecule has 9 heteroatoms. The van der Waals surface area contributed by atoms with Crippen LogP contribution in [0.25, 0.3) is 22.4 Å². The van der Waals surface area contributed by atoms with Crippen LogP contribution >= 0.6 is 0 Å². The molecule has 9 nitrogen and oxygen atoms in total. The molecule has 3 aromatic rings. The van der Waals surface area contributed by atoms with Gasteiger partial charge in [0.15, 0.2) is 5.65 Å². The van der Waals surface area contributed by atoms with E-state index in [0.29, 0.717) is 0 Å². The maximum Gasteiger partial charge on any atom is 0.332 e. The SMILES string of the molecule is Cn1c(=O)c2c(-c3ccco3)c([N+](=O)[O-])cnc2n(C)c1=O. The molecule has 0 N–H and O–H groups in total.